The topological polar surface area (TPSA) is 49.3 Å². The molecule has 0 saturated carbocycles. The number of benzene rings is 1. The van der Waals surface area contributed by atoms with Gasteiger partial charge in [-0.15, -0.1) is 0 Å². The van der Waals surface area contributed by atoms with Gasteiger partial charge in [-0.25, -0.2) is 0 Å². The first-order valence-electron chi connectivity index (χ1n) is 8.37. The molecule has 0 aliphatic heterocycles. The maximum absolute atomic E-state index is 5.84. The van der Waals surface area contributed by atoms with Crippen LogP contribution in [0.25, 0.3) is 0 Å². The highest BCUT2D eigenvalue weighted by Crippen LogP contribution is 2.37. The van der Waals surface area contributed by atoms with E-state index in [9.17, 15) is 0 Å². The highest BCUT2D eigenvalue weighted by molar-refractivity contribution is 9.11. The van der Waals surface area contributed by atoms with Gasteiger partial charge in [-0.05, 0) is 76.8 Å². The number of rotatable bonds is 13. The molecule has 0 aromatic heterocycles. The fourth-order valence-corrected chi connectivity index (χ4v) is 3.31. The van der Waals surface area contributed by atoms with E-state index in [1.165, 1.54) is 0 Å². The summed E-state index contributed by atoms with van der Waals surface area (Å²) in [5.74, 6) is 1.40. The lowest BCUT2D eigenvalue weighted by Crippen LogP contribution is -2.05. The van der Waals surface area contributed by atoms with Crippen LogP contribution in [0.5, 0.6) is 11.5 Å². The minimum Gasteiger partial charge on any atom is -0.491 e. The molecule has 1 aromatic carbocycles. The van der Waals surface area contributed by atoms with E-state index in [4.69, 9.17) is 42.3 Å². The smallest absolute Gasteiger partial charge is 0.147 e. The Morgan fingerprint density at radius 1 is 1.00 bits per heavy atom. The van der Waals surface area contributed by atoms with E-state index in [0.717, 1.165) is 33.2 Å². The van der Waals surface area contributed by atoms with Crippen molar-refractivity contribution in [3.8, 4) is 11.5 Å². The van der Waals surface area contributed by atoms with Gasteiger partial charge in [0.05, 0.1) is 27.9 Å². The Morgan fingerprint density at radius 2 is 1.67 bits per heavy atom. The van der Waals surface area contributed by atoms with Crippen molar-refractivity contribution < 1.29 is 19.0 Å². The monoisotopic (exact) mass is 545 g/mol. The van der Waals surface area contributed by atoms with Gasteiger partial charge in [-0.2, -0.15) is 0 Å². The first-order chi connectivity index (χ1) is 12.9. The molecule has 0 N–H and O–H groups in total. The van der Waals surface area contributed by atoms with E-state index in [1.54, 1.807) is 6.08 Å². The molecule has 0 radical (unpaired) electrons. The van der Waals surface area contributed by atoms with Crippen molar-refractivity contribution in [2.24, 2.45) is 5.16 Å². The molecule has 0 fully saturated rings. The molecule has 0 aliphatic carbocycles. The van der Waals surface area contributed by atoms with E-state index in [2.05, 4.69) is 37.0 Å². The van der Waals surface area contributed by atoms with Crippen LogP contribution in [-0.2, 0) is 9.57 Å². The van der Waals surface area contributed by atoms with Crippen molar-refractivity contribution in [1.29, 1.82) is 0 Å². The molecule has 0 unspecified atom stereocenters. The zero-order valence-electron chi connectivity index (χ0n) is 15.3. The minimum absolute atomic E-state index is 0.175. The Labute approximate surface area is 187 Å². The Hall–Kier alpha value is -0.470. The first-order valence-corrected chi connectivity index (χ1v) is 10.7. The number of halogens is 4. The fourth-order valence-electron chi connectivity index (χ4n) is 1.81. The van der Waals surface area contributed by atoms with Crippen molar-refractivity contribution in [3.05, 3.63) is 31.6 Å². The predicted octanol–water partition coefficient (Wildman–Crippen LogP) is 6.50. The molecule has 152 valence electrons. The average molecular weight is 548 g/mol. The average Bonchev–Trinajstić information content (AvgIpc) is 2.58. The van der Waals surface area contributed by atoms with Crippen molar-refractivity contribution in [3.63, 3.8) is 0 Å². The van der Waals surface area contributed by atoms with Crippen LogP contribution in [0.15, 0.2) is 36.8 Å². The van der Waals surface area contributed by atoms with Crippen LogP contribution >= 0.6 is 55.1 Å². The predicted molar refractivity (Wildman–Crippen MR) is 117 cm³/mol. The van der Waals surface area contributed by atoms with E-state index in [1.807, 2.05) is 26.0 Å². The molecular formula is C18H23Br2Cl2NO4. The van der Waals surface area contributed by atoms with Crippen molar-refractivity contribution in [2.45, 2.75) is 26.7 Å². The molecule has 1 aromatic rings. The van der Waals surface area contributed by atoms with Crippen LogP contribution in [0.4, 0.5) is 0 Å². The van der Waals surface area contributed by atoms with Gasteiger partial charge < -0.3 is 19.0 Å². The lowest BCUT2D eigenvalue weighted by molar-refractivity contribution is 0.0483. The molecule has 0 heterocycles. The second-order valence-electron chi connectivity index (χ2n) is 5.56. The number of hydrogen-bond donors (Lipinski definition) is 0. The quantitative estimate of drug-likeness (QED) is 0.161. The molecule has 0 spiro atoms. The van der Waals surface area contributed by atoms with Crippen LogP contribution in [0.1, 0.15) is 26.7 Å². The molecule has 5 nitrogen and oxygen atoms in total. The van der Waals surface area contributed by atoms with Gasteiger partial charge in [0.2, 0.25) is 0 Å². The Kier molecular flexibility index (Phi) is 13.2. The Balaban J connectivity index is 2.24. The third-order valence-corrected chi connectivity index (χ3v) is 4.44. The zero-order valence-corrected chi connectivity index (χ0v) is 20.0. The highest BCUT2D eigenvalue weighted by Gasteiger charge is 2.10. The summed E-state index contributed by atoms with van der Waals surface area (Å²) in [6.07, 6.45) is 3.35. The standard InChI is InChI=1S/C18H23Br2Cl2NO4/c1-13(2)23-27-10-9-24-6-3-4-7-26-18-15(19)11-14(12-16(18)20)25-8-5-17(21)22/h5,11-12H,3-4,6-10H2,1-2H3. The Bertz CT molecular complexity index is 611. The summed E-state index contributed by atoms with van der Waals surface area (Å²) in [6, 6.07) is 3.67. The summed E-state index contributed by atoms with van der Waals surface area (Å²) in [7, 11) is 0. The van der Waals surface area contributed by atoms with E-state index in [0.29, 0.717) is 32.2 Å². The van der Waals surface area contributed by atoms with Gasteiger partial charge in [0.25, 0.3) is 0 Å². The highest BCUT2D eigenvalue weighted by atomic mass is 79.9. The van der Waals surface area contributed by atoms with Gasteiger partial charge in [0, 0.05) is 6.61 Å². The number of unbranched alkanes of at least 4 members (excludes halogenated alkanes) is 1. The lowest BCUT2D eigenvalue weighted by Gasteiger charge is -2.12. The van der Waals surface area contributed by atoms with Crippen LogP contribution in [0.2, 0.25) is 0 Å². The van der Waals surface area contributed by atoms with Gasteiger partial charge >= 0.3 is 0 Å². The maximum Gasteiger partial charge on any atom is 0.147 e. The molecule has 1 rings (SSSR count). The SMILES string of the molecule is CC(C)=NOCCOCCCCOc1c(Br)cc(OCC=C(Cl)Cl)cc1Br. The summed E-state index contributed by atoms with van der Waals surface area (Å²) in [5, 5.41) is 3.84. The lowest BCUT2D eigenvalue weighted by atomic mass is 10.3. The number of hydrogen-bond acceptors (Lipinski definition) is 5. The molecule has 0 amide bonds. The largest absolute Gasteiger partial charge is 0.491 e. The van der Waals surface area contributed by atoms with E-state index >= 15 is 0 Å². The Morgan fingerprint density at radius 3 is 2.30 bits per heavy atom. The van der Waals surface area contributed by atoms with E-state index in [-0.39, 0.29) is 11.1 Å². The van der Waals surface area contributed by atoms with Crippen LogP contribution in [-0.4, -0.2) is 38.7 Å². The second-order valence-corrected chi connectivity index (χ2v) is 8.28. The molecule has 27 heavy (non-hydrogen) atoms. The van der Waals surface area contributed by atoms with Gasteiger partial charge in [-0.3, -0.25) is 0 Å². The summed E-state index contributed by atoms with van der Waals surface area (Å²) < 4.78 is 18.6. The number of oxime groups is 1. The van der Waals surface area contributed by atoms with Crippen LogP contribution < -0.4 is 9.47 Å². The summed E-state index contributed by atoms with van der Waals surface area (Å²) in [6.45, 7) is 6.29. The fraction of sp³-hybridized carbons (Fsp3) is 0.500. The van der Waals surface area contributed by atoms with Crippen LogP contribution in [0.3, 0.4) is 0 Å². The normalized spacial score (nSPS) is 10.3. The molecule has 0 bridgehead atoms. The molecule has 0 atom stereocenters. The number of ether oxygens (including phenoxy) is 3. The summed E-state index contributed by atoms with van der Waals surface area (Å²) >= 11 is 18.1. The van der Waals surface area contributed by atoms with Crippen molar-refractivity contribution in [2.75, 3.05) is 33.0 Å². The van der Waals surface area contributed by atoms with E-state index < -0.39 is 0 Å². The summed E-state index contributed by atoms with van der Waals surface area (Å²) in [4.78, 5) is 5.05. The number of nitrogens with zero attached hydrogens (tertiary/aromatic N) is 1. The van der Waals surface area contributed by atoms with Gasteiger partial charge in [0.15, 0.2) is 0 Å². The third-order valence-electron chi connectivity index (χ3n) is 2.95. The first kappa shape index (κ1) is 24.6. The maximum atomic E-state index is 5.84. The second kappa shape index (κ2) is 14.5. The zero-order chi connectivity index (χ0) is 20.1. The third kappa shape index (κ3) is 11.9. The van der Waals surface area contributed by atoms with Crippen LogP contribution in [0, 0.1) is 0 Å². The summed E-state index contributed by atoms with van der Waals surface area (Å²) in [5.41, 5.74) is 0.889. The molecule has 9 heteroatoms. The molecular weight excluding hydrogens is 525 g/mol. The molecule has 0 aliphatic rings. The van der Waals surface area contributed by atoms with Gasteiger partial charge in [-0.1, -0.05) is 28.4 Å². The van der Waals surface area contributed by atoms with Crippen molar-refractivity contribution >= 4 is 60.8 Å². The molecule has 0 saturated heterocycles. The van der Waals surface area contributed by atoms with Crippen molar-refractivity contribution in [1.82, 2.24) is 0 Å². The van der Waals surface area contributed by atoms with Gasteiger partial charge in [0.1, 0.15) is 29.2 Å². The minimum atomic E-state index is 0.175.